The van der Waals surface area contributed by atoms with Gasteiger partial charge >= 0.3 is 47.8 Å². The molecule has 121 heavy (non-hydrogen) atoms. The second-order valence-electron chi connectivity index (χ2n) is 39.2. The minimum Gasteiger partial charge on any atom is -0.508 e. The highest BCUT2D eigenvalue weighted by Crippen LogP contribution is 2.42. The summed E-state index contributed by atoms with van der Waals surface area (Å²) in [5.41, 5.74) is 2.12. The van der Waals surface area contributed by atoms with E-state index in [2.05, 4.69) is 103 Å². The molecule has 7 rings (SSSR count). The Kier molecular flexibility index (Phi) is 41.4. The third-order valence-electron chi connectivity index (χ3n) is 21.4. The van der Waals surface area contributed by atoms with Crippen LogP contribution in [0.25, 0.3) is 0 Å². The van der Waals surface area contributed by atoms with E-state index >= 15 is 0 Å². The van der Waals surface area contributed by atoms with Crippen molar-refractivity contribution in [2.45, 2.75) is 355 Å². The number of phenolic OH excluding ortho intramolecular Hbond substituents is 4. The molecule has 7 N–H and O–H groups in total. The summed E-state index contributed by atoms with van der Waals surface area (Å²) in [4.78, 5) is 112. The van der Waals surface area contributed by atoms with E-state index in [9.17, 15) is 68.7 Å². The van der Waals surface area contributed by atoms with Crippen molar-refractivity contribution in [3.05, 3.63) is 118 Å². The average Bonchev–Trinajstić information content (AvgIpc) is 1.15. The predicted molar refractivity (Wildman–Crippen MR) is 466 cm³/mol. The Labute approximate surface area is 720 Å². The van der Waals surface area contributed by atoms with E-state index in [1.54, 1.807) is 36.4 Å². The number of benzene rings is 4. The molecule has 25 nitrogen and oxygen atoms in total. The lowest BCUT2D eigenvalue weighted by atomic mass is 9.78. The van der Waals surface area contributed by atoms with Gasteiger partial charge < -0.3 is 78.9 Å². The zero-order valence-corrected chi connectivity index (χ0v) is 76.7. The number of hydrogen-bond donors (Lipinski definition) is 7. The second kappa shape index (κ2) is 47.8. The van der Waals surface area contributed by atoms with Crippen molar-refractivity contribution in [2.24, 2.45) is 5.41 Å². The standard InChI is InChI=1S/C49H60O12.C28H52N2O4.C16H29NO5.C3H6O/c1-47(2,3)40-27-36(28-41(46(40)57)48(4,5)6)16-26-45(56)61-32-49(29-58-42(53)23-13-33-7-17-37(50)18-8-33,30-59-43(54)24-14-34-9-19-38(51)20-10-34)31-60-44(55)25-15-35-11-21-39(52)22-12-35;1-25(2)17-21(18-26(3,4)29-25)33-23(31)15-13-11-9-10-12-14-16-24(32)34-22-19-27(5,6)30-28(7,8)20-22;1-15(2)10-12(18)11-16(3,4)17(15)8-9-22-14(20)7-6-13(19)21-5;1-3(2)4/h7-12,17-22,27-28,50-52,57H,13-16,23-26,29-32H2,1-6H3;21-22,29-30H,9-20H2,1-8H3;12,18H,6-11H2,1-5H3;1-2H3. The van der Waals surface area contributed by atoms with Crippen LogP contribution in [-0.4, -0.2) is 182 Å². The number of ether oxygens (including phenoxy) is 8. The lowest BCUT2D eigenvalue weighted by Gasteiger charge is -2.54. The van der Waals surface area contributed by atoms with Gasteiger partial charge in [-0.25, -0.2) is 0 Å². The van der Waals surface area contributed by atoms with E-state index in [1.165, 1.54) is 57.4 Å². The first-order valence-corrected chi connectivity index (χ1v) is 43.1. The molecule has 0 saturated carbocycles. The van der Waals surface area contributed by atoms with Gasteiger partial charge in [0.2, 0.25) is 0 Å². The summed E-state index contributed by atoms with van der Waals surface area (Å²) in [6.45, 7) is 40.0. The molecular weight excluding hydrogens is 1550 g/mol. The number of aromatic hydroxyl groups is 4. The van der Waals surface area contributed by atoms with Gasteiger partial charge in [-0.1, -0.05) is 116 Å². The Morgan fingerprint density at radius 3 is 0.967 bits per heavy atom. The highest BCUT2D eigenvalue weighted by Gasteiger charge is 2.46. The molecule has 3 aliphatic heterocycles. The molecule has 678 valence electrons. The van der Waals surface area contributed by atoms with Crippen LogP contribution in [0.1, 0.15) is 300 Å². The summed E-state index contributed by atoms with van der Waals surface area (Å²) < 4.78 is 44.3. The van der Waals surface area contributed by atoms with Crippen LogP contribution in [0, 0.1) is 5.41 Å². The molecule has 0 unspecified atom stereocenters. The number of methoxy groups -OCH3 is 1. The van der Waals surface area contributed by atoms with Crippen molar-refractivity contribution in [1.29, 1.82) is 0 Å². The maximum absolute atomic E-state index is 13.5. The predicted octanol–water partition coefficient (Wildman–Crippen LogP) is 16.0. The van der Waals surface area contributed by atoms with Crippen molar-refractivity contribution in [3.8, 4) is 23.0 Å². The Bertz CT molecular complexity index is 3640. The number of rotatable bonds is 37. The molecule has 4 aromatic carbocycles. The van der Waals surface area contributed by atoms with Gasteiger partial charge in [-0.15, -0.1) is 0 Å². The monoisotopic (exact) mass is 1690 g/mol. The number of hydrogen-bond acceptors (Lipinski definition) is 25. The molecule has 25 heteroatoms. The average molecular weight is 1700 g/mol. The Hall–Kier alpha value is -8.65. The number of phenols is 4. The summed E-state index contributed by atoms with van der Waals surface area (Å²) in [5.74, 6) is -2.66. The number of nitrogens with zero attached hydrogens (tertiary/aromatic N) is 1. The Morgan fingerprint density at radius 1 is 0.388 bits per heavy atom. The first kappa shape index (κ1) is 105. The first-order valence-electron chi connectivity index (χ1n) is 43.1. The number of ketones is 1. The number of aliphatic hydroxyl groups excluding tert-OH is 1. The minimum atomic E-state index is -1.50. The quantitative estimate of drug-likeness (QED) is 0.0125. The molecule has 0 aromatic heterocycles. The molecule has 3 fully saturated rings. The summed E-state index contributed by atoms with van der Waals surface area (Å²) >= 11 is 0. The molecule has 3 aliphatic rings. The van der Waals surface area contributed by atoms with Gasteiger partial charge in [0.25, 0.3) is 0 Å². The SMILES string of the molecule is CC(C)(C)c1cc(CCC(=O)OCC(COC(=O)CCc2ccc(O)cc2)(COC(=O)CCc2ccc(O)cc2)COC(=O)CCc2ccc(O)cc2)cc(C(C)(C)C)c1O.CC(C)=O.CC1(C)CC(OC(=O)CCCCCCCCC(=O)OC2CC(C)(C)NC(C)(C)C2)CC(C)(C)N1.COC(=O)CCC(=O)OCCN1C(C)(C)CC(O)CC1(C)C. The fourth-order valence-corrected chi connectivity index (χ4v) is 16.3. The number of carbonyl (C=O) groups excluding carboxylic acids is 9. The largest absolute Gasteiger partial charge is 0.508 e. The van der Waals surface area contributed by atoms with Crippen molar-refractivity contribution >= 4 is 53.5 Å². The number of unbranched alkanes of at least 4 members (excludes halogenated alkanes) is 5. The fourth-order valence-electron chi connectivity index (χ4n) is 16.3. The maximum Gasteiger partial charge on any atom is 0.306 e. The van der Waals surface area contributed by atoms with Gasteiger partial charge in [0.15, 0.2) is 0 Å². The van der Waals surface area contributed by atoms with Crippen LogP contribution in [0.4, 0.5) is 0 Å². The number of esters is 8. The number of piperidine rings is 3. The third-order valence-corrected chi connectivity index (χ3v) is 21.4. The molecule has 3 heterocycles. The molecule has 0 spiro atoms. The van der Waals surface area contributed by atoms with E-state index in [-0.39, 0.29) is 148 Å². The van der Waals surface area contributed by atoms with Crippen LogP contribution in [-0.2, 0) is 118 Å². The van der Waals surface area contributed by atoms with Crippen LogP contribution in [0.15, 0.2) is 84.9 Å². The van der Waals surface area contributed by atoms with E-state index < -0.39 is 67.7 Å². The zero-order chi connectivity index (χ0) is 91.0. The smallest absolute Gasteiger partial charge is 0.306 e. The van der Waals surface area contributed by atoms with Crippen LogP contribution in [0.2, 0.25) is 0 Å². The summed E-state index contributed by atoms with van der Waals surface area (Å²) in [6, 6.07) is 23.0. The molecule has 0 bridgehead atoms. The molecule has 0 radical (unpaired) electrons. The van der Waals surface area contributed by atoms with E-state index in [4.69, 9.17) is 33.2 Å². The number of carbonyl (C=O) groups is 9. The number of aryl methyl sites for hydroxylation is 4. The van der Waals surface area contributed by atoms with Crippen molar-refractivity contribution in [3.63, 3.8) is 0 Å². The van der Waals surface area contributed by atoms with E-state index in [0.29, 0.717) is 57.9 Å². The van der Waals surface area contributed by atoms with Gasteiger partial charge in [0.1, 0.15) is 79.4 Å². The van der Waals surface area contributed by atoms with Crippen molar-refractivity contribution in [2.75, 3.05) is 46.7 Å². The number of nitrogens with one attached hydrogen (secondary N) is 2. The molecule has 3 saturated heterocycles. The normalized spacial score (nSPS) is 16.7. The molecule has 0 amide bonds. The fraction of sp³-hybridized carbons (Fsp3) is 0.656. The van der Waals surface area contributed by atoms with Gasteiger partial charge in [0, 0.05) is 104 Å². The Balaban J connectivity index is 0.000000426. The van der Waals surface area contributed by atoms with Gasteiger partial charge in [-0.2, -0.15) is 0 Å². The summed E-state index contributed by atoms with van der Waals surface area (Å²) in [7, 11) is 1.29. The summed E-state index contributed by atoms with van der Waals surface area (Å²) in [6.07, 6.45) is 12.7. The van der Waals surface area contributed by atoms with E-state index in [1.807, 2.05) is 53.7 Å². The van der Waals surface area contributed by atoms with Crippen LogP contribution < -0.4 is 10.6 Å². The third kappa shape index (κ3) is 41.4. The van der Waals surface area contributed by atoms with Crippen molar-refractivity contribution < 1.29 is 107 Å². The molecular formula is C96H147N3O22. The maximum atomic E-state index is 13.5. The van der Waals surface area contributed by atoms with Crippen molar-refractivity contribution in [1.82, 2.24) is 15.5 Å². The Morgan fingerprint density at radius 2 is 0.669 bits per heavy atom. The number of aliphatic hydroxyl groups is 1. The van der Waals surface area contributed by atoms with Gasteiger partial charge in [0.05, 0.1) is 26.1 Å². The zero-order valence-electron chi connectivity index (χ0n) is 76.7. The second-order valence-corrected chi connectivity index (χ2v) is 39.2. The highest BCUT2D eigenvalue weighted by atomic mass is 16.6. The van der Waals surface area contributed by atoms with E-state index in [0.717, 1.165) is 97.6 Å². The summed E-state index contributed by atoms with van der Waals surface area (Å²) in [5, 5.41) is 57.3. The lowest BCUT2D eigenvalue weighted by Crippen LogP contribution is -2.62. The van der Waals surface area contributed by atoms with Gasteiger partial charge in [-0.05, 0) is 229 Å². The number of Topliss-reactive ketones (excluding diaryl/α,β-unsaturated/α-hetero) is 1. The molecule has 0 atom stereocenters. The minimum absolute atomic E-state index is 0.000484. The van der Waals surface area contributed by atoms with Crippen LogP contribution in [0.3, 0.4) is 0 Å². The molecule has 0 aliphatic carbocycles. The van der Waals surface area contributed by atoms with Gasteiger partial charge in [-0.3, -0.25) is 43.3 Å². The van der Waals surface area contributed by atoms with Crippen LogP contribution in [0.5, 0.6) is 23.0 Å². The lowest BCUT2D eigenvalue weighted by molar-refractivity contribution is -0.171. The first-order chi connectivity index (χ1) is 56.1. The number of likely N-dealkylation sites (tertiary alicyclic amines) is 1. The topological polar surface area (TPSA) is 356 Å². The highest BCUT2D eigenvalue weighted by molar-refractivity contribution is 5.77. The molecule has 4 aromatic rings. The van der Waals surface area contributed by atoms with Crippen LogP contribution >= 0.6 is 0 Å².